The van der Waals surface area contributed by atoms with Gasteiger partial charge in [-0.15, -0.1) is 0 Å². The van der Waals surface area contributed by atoms with E-state index in [1.54, 1.807) is 18.0 Å². The van der Waals surface area contributed by atoms with Crippen molar-refractivity contribution < 1.29 is 9.90 Å². The molecule has 2 aliphatic heterocycles. The number of anilines is 2. The summed E-state index contributed by atoms with van der Waals surface area (Å²) in [6.07, 6.45) is 3.94. The Morgan fingerprint density at radius 1 is 1.29 bits per heavy atom. The zero-order chi connectivity index (χ0) is 19.3. The molecule has 6 nitrogen and oxygen atoms in total. The van der Waals surface area contributed by atoms with Gasteiger partial charge in [-0.25, -0.2) is 9.97 Å². The molecule has 0 spiro atoms. The number of hydrogen-bond acceptors (Lipinski definition) is 6. The fraction of sp³-hybridized carbons (Fsp3) is 0.476. The highest BCUT2D eigenvalue weighted by Gasteiger charge is 2.47. The first-order valence-corrected chi connectivity index (χ1v) is 10.8. The van der Waals surface area contributed by atoms with E-state index in [9.17, 15) is 9.90 Å². The molecule has 1 aromatic heterocycles. The molecule has 5 unspecified atom stereocenters. The molecule has 0 radical (unpaired) electrons. The van der Waals surface area contributed by atoms with Crippen molar-refractivity contribution >= 4 is 29.2 Å². The van der Waals surface area contributed by atoms with Gasteiger partial charge in [-0.2, -0.15) is 0 Å². The number of nitrogens with zero attached hydrogens (tertiary/aromatic N) is 2. The van der Waals surface area contributed by atoms with E-state index >= 15 is 0 Å². The second kappa shape index (κ2) is 7.04. The van der Waals surface area contributed by atoms with Crippen LogP contribution in [0.2, 0.25) is 0 Å². The first kappa shape index (κ1) is 17.9. The number of aromatic nitrogens is 2. The Morgan fingerprint density at radius 2 is 2.14 bits per heavy atom. The molecule has 0 amide bonds. The van der Waals surface area contributed by atoms with E-state index in [0.29, 0.717) is 29.3 Å². The largest absolute Gasteiger partial charge is 0.481 e. The maximum absolute atomic E-state index is 12.4. The molecule has 2 fully saturated rings. The summed E-state index contributed by atoms with van der Waals surface area (Å²) in [6.45, 7) is 4.06. The van der Waals surface area contributed by atoms with Gasteiger partial charge in [0.15, 0.2) is 5.82 Å². The van der Waals surface area contributed by atoms with E-state index in [2.05, 4.69) is 22.5 Å². The quantitative estimate of drug-likeness (QED) is 0.622. The van der Waals surface area contributed by atoms with E-state index in [1.165, 1.54) is 6.42 Å². The van der Waals surface area contributed by atoms with Crippen molar-refractivity contribution in [1.29, 1.82) is 0 Å². The molecule has 2 aromatic rings. The van der Waals surface area contributed by atoms with Crippen molar-refractivity contribution in [1.82, 2.24) is 15.3 Å². The highest BCUT2D eigenvalue weighted by molar-refractivity contribution is 7.99. The fourth-order valence-electron chi connectivity index (χ4n) is 5.21. The smallest absolute Gasteiger partial charge is 0.312 e. The number of fused-ring (bicyclic) bond motifs is 4. The molecule has 1 saturated carbocycles. The van der Waals surface area contributed by atoms with Crippen LogP contribution < -0.4 is 10.6 Å². The van der Waals surface area contributed by atoms with Gasteiger partial charge in [0.25, 0.3) is 0 Å². The lowest BCUT2D eigenvalue weighted by atomic mass is 9.60. The van der Waals surface area contributed by atoms with Gasteiger partial charge in [0.2, 0.25) is 0 Å². The first-order valence-electron chi connectivity index (χ1n) is 9.96. The Balaban J connectivity index is 1.51. The summed E-state index contributed by atoms with van der Waals surface area (Å²) in [5, 5.41) is 17.8. The van der Waals surface area contributed by atoms with Crippen LogP contribution in [-0.2, 0) is 4.79 Å². The summed E-state index contributed by atoms with van der Waals surface area (Å²) in [5.41, 5.74) is 1.61. The molecule has 3 heterocycles. The summed E-state index contributed by atoms with van der Waals surface area (Å²) in [4.78, 5) is 22.8. The predicted octanol–water partition coefficient (Wildman–Crippen LogP) is 3.73. The minimum Gasteiger partial charge on any atom is -0.481 e. The van der Waals surface area contributed by atoms with Gasteiger partial charge >= 0.3 is 5.97 Å². The standard InChI is InChI=1S/C21H24N4O2S/c1-11-6-7-12-8-22-9-13(11)17(12)18(21(26)27)15-10-23-19-20(25-15)28-16-5-3-2-4-14(16)24-19/h2-5,10-13,17-18,22H,6-9H2,1H3,(H,23,24)(H,26,27). The molecule has 5 rings (SSSR count). The zero-order valence-corrected chi connectivity index (χ0v) is 16.6. The van der Waals surface area contributed by atoms with E-state index in [4.69, 9.17) is 4.98 Å². The molecule has 1 saturated heterocycles. The van der Waals surface area contributed by atoms with E-state index < -0.39 is 11.9 Å². The second-order valence-corrected chi connectivity index (χ2v) is 9.23. The Labute approximate surface area is 168 Å². The van der Waals surface area contributed by atoms with Crippen LogP contribution in [0.1, 0.15) is 31.4 Å². The Morgan fingerprint density at radius 3 is 3.00 bits per heavy atom. The first-order chi connectivity index (χ1) is 13.6. The van der Waals surface area contributed by atoms with E-state index in [-0.39, 0.29) is 5.92 Å². The van der Waals surface area contributed by atoms with Gasteiger partial charge in [0, 0.05) is 4.90 Å². The number of rotatable bonds is 3. The molecule has 146 valence electrons. The average Bonchev–Trinajstić information content (AvgIpc) is 2.69. The zero-order valence-electron chi connectivity index (χ0n) is 15.8. The topological polar surface area (TPSA) is 87.1 Å². The van der Waals surface area contributed by atoms with E-state index in [1.807, 2.05) is 24.3 Å². The van der Waals surface area contributed by atoms with Crippen molar-refractivity contribution in [3.05, 3.63) is 36.2 Å². The number of benzene rings is 1. The van der Waals surface area contributed by atoms with Crippen molar-refractivity contribution in [2.75, 3.05) is 18.4 Å². The van der Waals surface area contributed by atoms with Crippen molar-refractivity contribution in [3.8, 4) is 0 Å². The summed E-state index contributed by atoms with van der Waals surface area (Å²) >= 11 is 1.55. The van der Waals surface area contributed by atoms with Gasteiger partial charge in [0.1, 0.15) is 10.9 Å². The van der Waals surface area contributed by atoms with Crippen molar-refractivity contribution in [2.45, 2.75) is 35.6 Å². The second-order valence-electron chi connectivity index (χ2n) is 8.20. The lowest BCUT2D eigenvalue weighted by molar-refractivity contribution is -0.143. The summed E-state index contributed by atoms with van der Waals surface area (Å²) in [7, 11) is 0. The van der Waals surface area contributed by atoms with Crippen LogP contribution in [0.3, 0.4) is 0 Å². The number of nitrogens with one attached hydrogen (secondary N) is 2. The predicted molar refractivity (Wildman–Crippen MR) is 108 cm³/mol. The van der Waals surface area contributed by atoms with Crippen LogP contribution in [0.4, 0.5) is 11.5 Å². The lowest BCUT2D eigenvalue weighted by Gasteiger charge is -2.48. The maximum atomic E-state index is 12.4. The fourth-order valence-corrected chi connectivity index (χ4v) is 6.15. The third-order valence-corrected chi connectivity index (χ3v) is 7.68. The van der Waals surface area contributed by atoms with Crippen LogP contribution in [0.5, 0.6) is 0 Å². The normalized spacial score (nSPS) is 29.2. The molecule has 2 bridgehead atoms. The molecule has 1 aromatic carbocycles. The van der Waals surface area contributed by atoms with Gasteiger partial charge < -0.3 is 15.7 Å². The van der Waals surface area contributed by atoms with Gasteiger partial charge in [0.05, 0.1) is 17.6 Å². The van der Waals surface area contributed by atoms with Crippen LogP contribution in [0, 0.1) is 23.7 Å². The Kier molecular flexibility index (Phi) is 4.51. The SMILES string of the molecule is CC1CCC2CNCC1C2C(C(=O)O)c1cnc2c(n1)Sc1ccccc1N2. The van der Waals surface area contributed by atoms with E-state index in [0.717, 1.165) is 35.1 Å². The average molecular weight is 397 g/mol. The highest BCUT2D eigenvalue weighted by atomic mass is 32.2. The number of carboxylic acids is 1. The number of hydrogen-bond donors (Lipinski definition) is 3. The molecule has 1 aliphatic carbocycles. The number of carboxylic acid groups (broad SMARTS) is 1. The molecule has 3 N–H and O–H groups in total. The van der Waals surface area contributed by atoms with Gasteiger partial charge in [-0.05, 0) is 55.3 Å². The molecular weight excluding hydrogens is 372 g/mol. The Hall–Kier alpha value is -2.12. The molecule has 3 aliphatic rings. The highest BCUT2D eigenvalue weighted by Crippen LogP contribution is 2.48. The number of aliphatic carboxylic acids is 1. The lowest BCUT2D eigenvalue weighted by Crippen LogP contribution is -2.52. The monoisotopic (exact) mass is 396 g/mol. The number of piperidine rings is 1. The third-order valence-electron chi connectivity index (χ3n) is 6.62. The van der Waals surface area contributed by atoms with Crippen LogP contribution in [0.15, 0.2) is 40.4 Å². The third kappa shape index (κ3) is 2.97. The maximum Gasteiger partial charge on any atom is 0.312 e. The minimum absolute atomic E-state index is 0.115. The molecular formula is C21H24N4O2S. The van der Waals surface area contributed by atoms with Gasteiger partial charge in [-0.3, -0.25) is 4.79 Å². The molecule has 5 atom stereocenters. The summed E-state index contributed by atoms with van der Waals surface area (Å²) in [5.74, 6) is 0.733. The minimum atomic E-state index is -0.778. The Bertz CT molecular complexity index is 921. The van der Waals surface area contributed by atoms with Crippen LogP contribution in [0.25, 0.3) is 0 Å². The molecule has 7 heteroatoms. The van der Waals surface area contributed by atoms with Crippen molar-refractivity contribution in [2.24, 2.45) is 23.7 Å². The summed E-state index contributed by atoms with van der Waals surface area (Å²) in [6, 6.07) is 8.03. The van der Waals surface area contributed by atoms with Crippen LogP contribution >= 0.6 is 11.8 Å². The van der Waals surface area contributed by atoms with Crippen molar-refractivity contribution in [3.63, 3.8) is 0 Å². The van der Waals surface area contributed by atoms with Gasteiger partial charge in [-0.1, -0.05) is 37.2 Å². The number of carbonyl (C=O) groups is 1. The summed E-state index contributed by atoms with van der Waals surface area (Å²) < 4.78 is 0. The molecule has 28 heavy (non-hydrogen) atoms. The number of para-hydroxylation sites is 1. The van der Waals surface area contributed by atoms with Crippen LogP contribution in [-0.4, -0.2) is 34.1 Å².